The Morgan fingerprint density at radius 1 is 1.50 bits per heavy atom. The Hall–Kier alpha value is -1.46. The number of nitrogens with two attached hydrogens (primary N) is 1. The topological polar surface area (TPSA) is 66.6 Å². The maximum absolute atomic E-state index is 12.7. The molecule has 16 heavy (non-hydrogen) atoms. The van der Waals surface area contributed by atoms with Crippen molar-refractivity contribution in [1.29, 1.82) is 0 Å². The third-order valence-corrected chi connectivity index (χ3v) is 2.35. The van der Waals surface area contributed by atoms with Crippen molar-refractivity contribution in [2.24, 2.45) is 5.73 Å². The summed E-state index contributed by atoms with van der Waals surface area (Å²) in [5.74, 6) is -0.890. The van der Waals surface area contributed by atoms with Gasteiger partial charge in [0.2, 0.25) is 5.91 Å². The molecule has 88 valence electrons. The van der Waals surface area contributed by atoms with E-state index >= 15 is 0 Å². The van der Waals surface area contributed by atoms with Crippen LogP contribution in [0, 0.1) is 5.82 Å². The first kappa shape index (κ1) is 12.6. The van der Waals surface area contributed by atoms with E-state index in [4.69, 9.17) is 10.8 Å². The van der Waals surface area contributed by atoms with E-state index in [-0.39, 0.29) is 12.4 Å². The van der Waals surface area contributed by atoms with Gasteiger partial charge in [-0.2, -0.15) is 0 Å². The summed E-state index contributed by atoms with van der Waals surface area (Å²) in [5.41, 5.74) is 5.90. The Morgan fingerprint density at radius 2 is 2.06 bits per heavy atom. The second kappa shape index (κ2) is 5.58. The van der Waals surface area contributed by atoms with Crippen molar-refractivity contribution in [2.75, 3.05) is 20.2 Å². The highest BCUT2D eigenvalue weighted by Crippen LogP contribution is 2.18. The normalized spacial score (nSPS) is 12.8. The number of aliphatic hydroxyl groups excluding tert-OH is 1. The maximum Gasteiger partial charge on any atom is 0.239 e. The number of primary amides is 1. The number of hydrogen-bond donors (Lipinski definition) is 2. The first-order chi connectivity index (χ1) is 7.56. The minimum Gasteiger partial charge on any atom is -0.395 e. The lowest BCUT2D eigenvalue weighted by molar-refractivity contribution is -0.123. The summed E-state index contributed by atoms with van der Waals surface area (Å²) < 4.78 is 12.7. The molecule has 0 aliphatic heterocycles. The van der Waals surface area contributed by atoms with Gasteiger partial charge in [0, 0.05) is 6.54 Å². The molecule has 1 unspecified atom stereocenters. The predicted molar refractivity (Wildman–Crippen MR) is 58.1 cm³/mol. The van der Waals surface area contributed by atoms with Crippen molar-refractivity contribution in [3.8, 4) is 0 Å². The van der Waals surface area contributed by atoms with E-state index in [1.54, 1.807) is 11.9 Å². The zero-order chi connectivity index (χ0) is 12.1. The van der Waals surface area contributed by atoms with Crippen LogP contribution in [0.5, 0.6) is 0 Å². The van der Waals surface area contributed by atoms with Crippen LogP contribution in [0.2, 0.25) is 0 Å². The second-order valence-corrected chi connectivity index (χ2v) is 3.56. The molecule has 0 spiro atoms. The fourth-order valence-electron chi connectivity index (χ4n) is 1.57. The average Bonchev–Trinajstić information content (AvgIpc) is 2.21. The van der Waals surface area contributed by atoms with Crippen LogP contribution in [0.1, 0.15) is 11.6 Å². The van der Waals surface area contributed by atoms with Gasteiger partial charge >= 0.3 is 0 Å². The van der Waals surface area contributed by atoms with Crippen LogP contribution in [0.4, 0.5) is 4.39 Å². The smallest absolute Gasteiger partial charge is 0.239 e. The highest BCUT2D eigenvalue weighted by molar-refractivity contribution is 5.81. The highest BCUT2D eigenvalue weighted by atomic mass is 19.1. The van der Waals surface area contributed by atoms with Gasteiger partial charge in [0.05, 0.1) is 6.61 Å². The van der Waals surface area contributed by atoms with Crippen molar-refractivity contribution >= 4 is 5.91 Å². The molecule has 1 rings (SSSR count). The molecule has 0 saturated carbocycles. The van der Waals surface area contributed by atoms with Gasteiger partial charge in [0.15, 0.2) is 0 Å². The Bertz CT molecular complexity index is 354. The summed E-state index contributed by atoms with van der Waals surface area (Å²) in [7, 11) is 1.68. The number of halogens is 1. The van der Waals surface area contributed by atoms with Crippen molar-refractivity contribution in [3.05, 3.63) is 35.6 Å². The summed E-state index contributed by atoms with van der Waals surface area (Å²) in [4.78, 5) is 12.9. The van der Waals surface area contributed by atoms with Crippen LogP contribution < -0.4 is 5.73 Å². The van der Waals surface area contributed by atoms with E-state index in [1.807, 2.05) is 0 Å². The molecule has 0 bridgehead atoms. The number of carbonyl (C=O) groups is 1. The molecule has 3 N–H and O–H groups in total. The summed E-state index contributed by atoms with van der Waals surface area (Å²) in [5, 5.41) is 8.80. The first-order valence-corrected chi connectivity index (χ1v) is 4.92. The van der Waals surface area contributed by atoms with Crippen LogP contribution in [0.3, 0.4) is 0 Å². The molecule has 0 radical (unpaired) electrons. The lowest BCUT2D eigenvalue weighted by atomic mass is 10.1. The van der Waals surface area contributed by atoms with Gasteiger partial charge in [-0.15, -0.1) is 0 Å². The monoisotopic (exact) mass is 226 g/mol. The molecule has 0 aromatic heterocycles. The Balaban J connectivity index is 2.93. The summed E-state index contributed by atoms with van der Waals surface area (Å²) in [6.07, 6.45) is 0. The van der Waals surface area contributed by atoms with Crippen LogP contribution in [0.15, 0.2) is 24.3 Å². The average molecular weight is 226 g/mol. The zero-order valence-electron chi connectivity index (χ0n) is 9.06. The standard InChI is InChI=1S/C11H15FN2O2/c1-14(6-7-15)10(11(13)16)8-2-4-9(12)5-3-8/h2-5,10,15H,6-7H2,1H3,(H2,13,16). The third-order valence-electron chi connectivity index (χ3n) is 2.35. The summed E-state index contributed by atoms with van der Waals surface area (Å²) in [6, 6.07) is 4.93. The van der Waals surface area contributed by atoms with Crippen molar-refractivity contribution < 1.29 is 14.3 Å². The highest BCUT2D eigenvalue weighted by Gasteiger charge is 2.22. The molecule has 0 saturated heterocycles. The van der Waals surface area contributed by atoms with E-state index < -0.39 is 11.9 Å². The number of amides is 1. The zero-order valence-corrected chi connectivity index (χ0v) is 9.06. The van der Waals surface area contributed by atoms with Gasteiger partial charge in [-0.25, -0.2) is 4.39 Å². The molecular formula is C11H15FN2O2. The van der Waals surface area contributed by atoms with Crippen LogP contribution in [0.25, 0.3) is 0 Å². The first-order valence-electron chi connectivity index (χ1n) is 4.92. The van der Waals surface area contributed by atoms with E-state index in [1.165, 1.54) is 24.3 Å². The van der Waals surface area contributed by atoms with Gasteiger partial charge in [-0.1, -0.05) is 12.1 Å². The molecule has 4 nitrogen and oxygen atoms in total. The lowest BCUT2D eigenvalue weighted by Crippen LogP contribution is -2.36. The van der Waals surface area contributed by atoms with Crippen molar-refractivity contribution in [2.45, 2.75) is 6.04 Å². The Morgan fingerprint density at radius 3 is 2.50 bits per heavy atom. The third kappa shape index (κ3) is 3.01. The predicted octanol–water partition coefficient (Wildman–Crippen LogP) is 0.276. The fraction of sp³-hybridized carbons (Fsp3) is 0.364. The number of benzene rings is 1. The molecular weight excluding hydrogens is 211 g/mol. The fourth-order valence-corrected chi connectivity index (χ4v) is 1.57. The maximum atomic E-state index is 12.7. The van der Waals surface area contributed by atoms with E-state index in [9.17, 15) is 9.18 Å². The number of rotatable bonds is 5. The number of aliphatic hydroxyl groups is 1. The minimum absolute atomic E-state index is 0.0680. The van der Waals surface area contributed by atoms with Gasteiger partial charge < -0.3 is 10.8 Å². The molecule has 1 atom stereocenters. The number of hydrogen-bond acceptors (Lipinski definition) is 3. The van der Waals surface area contributed by atoms with Crippen LogP contribution in [-0.4, -0.2) is 36.1 Å². The molecule has 1 aromatic rings. The number of likely N-dealkylation sites (N-methyl/N-ethyl adjacent to an activating group) is 1. The lowest BCUT2D eigenvalue weighted by Gasteiger charge is -2.24. The Labute approximate surface area is 93.5 Å². The van der Waals surface area contributed by atoms with E-state index in [0.717, 1.165) is 0 Å². The quantitative estimate of drug-likeness (QED) is 0.757. The SMILES string of the molecule is CN(CCO)C(C(N)=O)c1ccc(F)cc1. The van der Waals surface area contributed by atoms with Gasteiger partial charge in [0.1, 0.15) is 11.9 Å². The van der Waals surface area contributed by atoms with E-state index in [2.05, 4.69) is 0 Å². The van der Waals surface area contributed by atoms with Crippen LogP contribution >= 0.6 is 0 Å². The van der Waals surface area contributed by atoms with Gasteiger partial charge in [-0.05, 0) is 24.7 Å². The number of nitrogens with zero attached hydrogens (tertiary/aromatic N) is 1. The molecule has 0 aliphatic carbocycles. The van der Waals surface area contributed by atoms with Crippen LogP contribution in [-0.2, 0) is 4.79 Å². The summed E-state index contributed by atoms with van der Waals surface area (Å²) in [6.45, 7) is 0.256. The van der Waals surface area contributed by atoms with Gasteiger partial charge in [0.25, 0.3) is 0 Å². The molecule has 1 aromatic carbocycles. The molecule has 0 fully saturated rings. The van der Waals surface area contributed by atoms with Crippen molar-refractivity contribution in [3.63, 3.8) is 0 Å². The van der Waals surface area contributed by atoms with Gasteiger partial charge in [-0.3, -0.25) is 9.69 Å². The summed E-state index contributed by atoms with van der Waals surface area (Å²) >= 11 is 0. The minimum atomic E-state index is -0.646. The van der Waals surface area contributed by atoms with E-state index in [0.29, 0.717) is 12.1 Å². The molecule has 5 heteroatoms. The van der Waals surface area contributed by atoms with Crippen molar-refractivity contribution in [1.82, 2.24) is 4.90 Å². The Kier molecular flexibility index (Phi) is 4.39. The largest absolute Gasteiger partial charge is 0.395 e. The second-order valence-electron chi connectivity index (χ2n) is 3.56. The molecule has 0 heterocycles. The molecule has 0 aliphatic rings. The molecule has 1 amide bonds. The number of carbonyl (C=O) groups excluding carboxylic acids is 1.